The molecule has 14 heavy (non-hydrogen) atoms. The molecule has 4 heteroatoms. The van der Waals surface area contributed by atoms with Crippen LogP contribution >= 0.6 is 22.9 Å². The second-order valence-corrected chi connectivity index (χ2v) is 4.13. The summed E-state index contributed by atoms with van der Waals surface area (Å²) in [6.07, 6.45) is 0. The lowest BCUT2D eigenvalue weighted by Gasteiger charge is -2.06. The molecule has 0 fully saturated rings. The van der Waals surface area contributed by atoms with Crippen LogP contribution in [-0.2, 0) is 0 Å². The van der Waals surface area contributed by atoms with Crippen molar-refractivity contribution in [1.29, 1.82) is 0 Å². The lowest BCUT2D eigenvalue weighted by molar-refractivity contribution is 0.615. The summed E-state index contributed by atoms with van der Waals surface area (Å²) < 4.78 is 0. The zero-order valence-corrected chi connectivity index (χ0v) is 8.98. The second-order valence-electron chi connectivity index (χ2n) is 2.94. The van der Waals surface area contributed by atoms with Crippen molar-refractivity contribution in [3.05, 3.63) is 40.0 Å². The minimum atomic E-state index is 0.0196. The van der Waals surface area contributed by atoms with E-state index in [1.807, 2.05) is 35.0 Å². The molecule has 0 aliphatic carbocycles. The van der Waals surface area contributed by atoms with Crippen LogP contribution in [0.25, 0.3) is 11.1 Å². The summed E-state index contributed by atoms with van der Waals surface area (Å²) in [6.45, 7) is 0. The Morgan fingerprint density at radius 3 is 2.79 bits per heavy atom. The Labute approximate surface area is 92.2 Å². The van der Waals surface area contributed by atoms with Crippen LogP contribution in [0.1, 0.15) is 0 Å². The van der Waals surface area contributed by atoms with Crippen LogP contribution < -0.4 is 5.46 Å². The summed E-state index contributed by atoms with van der Waals surface area (Å²) in [6, 6.07) is 7.58. The zero-order valence-electron chi connectivity index (χ0n) is 7.40. The highest BCUT2D eigenvalue weighted by molar-refractivity contribution is 7.08. The van der Waals surface area contributed by atoms with E-state index in [-0.39, 0.29) is 7.48 Å². The molecule has 0 amide bonds. The maximum Gasteiger partial charge on any atom is 0.305 e. The van der Waals surface area contributed by atoms with Gasteiger partial charge in [-0.1, -0.05) is 23.7 Å². The number of thiophene rings is 1. The zero-order chi connectivity index (χ0) is 9.97. The van der Waals surface area contributed by atoms with E-state index in [4.69, 9.17) is 11.6 Å². The van der Waals surface area contributed by atoms with E-state index in [9.17, 15) is 5.02 Å². The molecule has 0 aliphatic rings. The summed E-state index contributed by atoms with van der Waals surface area (Å²) in [5, 5.41) is 13.9. The molecule has 0 saturated carbocycles. The first-order valence-electron chi connectivity index (χ1n) is 4.23. The highest BCUT2D eigenvalue weighted by Gasteiger charge is 2.09. The third-order valence-corrected chi connectivity index (χ3v) is 3.08. The molecule has 0 bridgehead atoms. The van der Waals surface area contributed by atoms with Crippen molar-refractivity contribution in [2.45, 2.75) is 0 Å². The van der Waals surface area contributed by atoms with Crippen LogP contribution in [0.5, 0.6) is 0 Å². The van der Waals surface area contributed by atoms with Gasteiger partial charge >= 0.3 is 7.48 Å². The van der Waals surface area contributed by atoms with Gasteiger partial charge in [0.15, 0.2) is 0 Å². The number of hydrogen-bond donors (Lipinski definition) is 1. The van der Waals surface area contributed by atoms with Crippen LogP contribution in [0.3, 0.4) is 0 Å². The molecule has 1 aromatic carbocycles. The van der Waals surface area contributed by atoms with Crippen molar-refractivity contribution in [3.63, 3.8) is 0 Å². The number of hydrogen-bond acceptors (Lipinski definition) is 2. The van der Waals surface area contributed by atoms with E-state index in [2.05, 4.69) is 0 Å². The maximum atomic E-state index is 9.19. The van der Waals surface area contributed by atoms with E-state index in [0.717, 1.165) is 16.6 Å². The second kappa shape index (κ2) is 4.17. The third kappa shape index (κ3) is 1.71. The first-order chi connectivity index (χ1) is 6.83. The molecule has 1 aromatic heterocycles. The third-order valence-electron chi connectivity index (χ3n) is 2.08. The van der Waals surface area contributed by atoms with Crippen LogP contribution in [0.2, 0.25) is 5.02 Å². The lowest BCUT2D eigenvalue weighted by Crippen LogP contribution is -2.16. The molecule has 0 atom stereocenters. The summed E-state index contributed by atoms with van der Waals surface area (Å²) in [5.74, 6) is 0. The average molecular weight is 223 g/mol. The predicted octanol–water partition coefficient (Wildman–Crippen LogP) is 2.04. The van der Waals surface area contributed by atoms with E-state index in [0.29, 0.717) is 5.02 Å². The first kappa shape index (κ1) is 9.78. The van der Waals surface area contributed by atoms with Gasteiger partial charge in [-0.05, 0) is 39.5 Å². The molecule has 1 N–H and O–H groups in total. The number of benzene rings is 1. The maximum absolute atomic E-state index is 9.19. The highest BCUT2D eigenvalue weighted by atomic mass is 35.5. The smallest absolute Gasteiger partial charge is 0.305 e. The minimum Gasteiger partial charge on any atom is -0.449 e. The largest absolute Gasteiger partial charge is 0.449 e. The Bertz CT molecular complexity index is 428. The Morgan fingerprint density at radius 1 is 1.29 bits per heavy atom. The summed E-state index contributed by atoms with van der Waals surface area (Å²) >= 11 is 7.72. The van der Waals surface area contributed by atoms with Crippen molar-refractivity contribution in [1.82, 2.24) is 0 Å². The summed E-state index contributed by atoms with van der Waals surface area (Å²) in [4.78, 5) is 0. The first-order valence-corrected chi connectivity index (χ1v) is 5.56. The normalized spacial score (nSPS) is 10.1. The van der Waals surface area contributed by atoms with Gasteiger partial charge in [0.05, 0.1) is 0 Å². The van der Waals surface area contributed by atoms with Crippen molar-refractivity contribution >= 4 is 35.9 Å². The molecular weight excluding hydrogens is 214 g/mol. The van der Waals surface area contributed by atoms with Crippen LogP contribution in [0.15, 0.2) is 35.0 Å². The van der Waals surface area contributed by atoms with Gasteiger partial charge < -0.3 is 5.02 Å². The fraction of sp³-hybridized carbons (Fsp3) is 0. The van der Waals surface area contributed by atoms with E-state index < -0.39 is 0 Å². The number of halogens is 1. The van der Waals surface area contributed by atoms with E-state index in [1.54, 1.807) is 11.3 Å². The van der Waals surface area contributed by atoms with Crippen LogP contribution in [0, 0.1) is 0 Å². The molecule has 2 rings (SSSR count). The Balaban J connectivity index is 2.61. The molecule has 70 valence electrons. The Kier molecular flexibility index (Phi) is 2.92. The fourth-order valence-electron chi connectivity index (χ4n) is 1.43. The molecule has 0 unspecified atom stereocenters. The van der Waals surface area contributed by atoms with Gasteiger partial charge in [-0.25, -0.2) is 0 Å². The highest BCUT2D eigenvalue weighted by Crippen LogP contribution is 2.27. The molecule has 1 nitrogen and oxygen atoms in total. The monoisotopic (exact) mass is 222 g/mol. The molecule has 0 spiro atoms. The topological polar surface area (TPSA) is 20.2 Å². The standard InChI is InChI=1S/C10H8BClOS/c12-9-3-1-2-8(11-13)10(9)7-4-5-14-6-7/h1-6,11,13H. The fourth-order valence-corrected chi connectivity index (χ4v) is 2.38. The lowest BCUT2D eigenvalue weighted by atomic mass is 9.82. The minimum absolute atomic E-state index is 0.0196. The quantitative estimate of drug-likeness (QED) is 0.771. The SMILES string of the molecule is OBc1cccc(Cl)c1-c1ccsc1. The van der Waals surface area contributed by atoms with Gasteiger partial charge in [-0.2, -0.15) is 11.3 Å². The predicted molar refractivity (Wildman–Crippen MR) is 63.8 cm³/mol. The van der Waals surface area contributed by atoms with Gasteiger partial charge in [0.25, 0.3) is 0 Å². The average Bonchev–Trinajstić information content (AvgIpc) is 2.70. The summed E-state index contributed by atoms with van der Waals surface area (Å²) in [5.41, 5.74) is 2.89. The summed E-state index contributed by atoms with van der Waals surface area (Å²) in [7, 11) is 0.0196. The molecule has 2 aromatic rings. The van der Waals surface area contributed by atoms with Crippen LogP contribution in [0.4, 0.5) is 0 Å². The van der Waals surface area contributed by atoms with E-state index in [1.165, 1.54) is 0 Å². The van der Waals surface area contributed by atoms with E-state index >= 15 is 0 Å². The van der Waals surface area contributed by atoms with Crippen molar-refractivity contribution in [2.24, 2.45) is 0 Å². The van der Waals surface area contributed by atoms with Gasteiger partial charge in [-0.3, -0.25) is 0 Å². The van der Waals surface area contributed by atoms with Crippen LogP contribution in [-0.4, -0.2) is 12.5 Å². The van der Waals surface area contributed by atoms with Crippen molar-refractivity contribution in [2.75, 3.05) is 0 Å². The molecule has 0 aliphatic heterocycles. The number of rotatable bonds is 2. The van der Waals surface area contributed by atoms with Crippen molar-refractivity contribution in [3.8, 4) is 11.1 Å². The van der Waals surface area contributed by atoms with Crippen molar-refractivity contribution < 1.29 is 5.02 Å². The van der Waals surface area contributed by atoms with Gasteiger partial charge in [0, 0.05) is 5.02 Å². The molecule has 0 saturated heterocycles. The molecule has 0 radical (unpaired) electrons. The van der Waals surface area contributed by atoms with Gasteiger partial charge in [0.1, 0.15) is 0 Å². The molecule has 1 heterocycles. The Hall–Kier alpha value is -0.765. The van der Waals surface area contributed by atoms with Gasteiger partial charge in [0.2, 0.25) is 0 Å². The molecular formula is C10H8BClOS. The Morgan fingerprint density at radius 2 is 2.14 bits per heavy atom. The van der Waals surface area contributed by atoms with Gasteiger partial charge in [-0.15, -0.1) is 0 Å².